The predicted octanol–water partition coefficient (Wildman–Crippen LogP) is 2.22. The Bertz CT molecular complexity index is 623. The van der Waals surface area contributed by atoms with E-state index in [1.165, 1.54) is 23.5 Å². The van der Waals surface area contributed by atoms with Crippen LogP contribution in [0.4, 0.5) is 0 Å². The van der Waals surface area contributed by atoms with Crippen molar-refractivity contribution >= 4 is 5.78 Å². The van der Waals surface area contributed by atoms with Crippen molar-refractivity contribution in [3.8, 4) is 0 Å². The number of fused-ring (bicyclic) bond motifs is 1. The van der Waals surface area contributed by atoms with E-state index in [0.717, 1.165) is 18.5 Å². The number of carbonyl (C=O) groups excluding carboxylic acids is 1. The van der Waals surface area contributed by atoms with Crippen molar-refractivity contribution in [3.05, 3.63) is 53.1 Å². The van der Waals surface area contributed by atoms with Crippen LogP contribution in [0.1, 0.15) is 33.9 Å². The number of ketones is 1. The van der Waals surface area contributed by atoms with Gasteiger partial charge in [0.25, 0.3) is 5.82 Å². The molecule has 2 heterocycles. The molecule has 0 aliphatic carbocycles. The van der Waals surface area contributed by atoms with Gasteiger partial charge in [-0.05, 0) is 13.3 Å². The average molecular weight is 255 g/mol. The summed E-state index contributed by atoms with van der Waals surface area (Å²) in [7, 11) is 0. The second kappa shape index (κ2) is 4.65. The number of Topliss-reactive ketones (excluding diaryl/α,β-unsaturated/α-hetero) is 1. The van der Waals surface area contributed by atoms with Gasteiger partial charge in [-0.25, -0.2) is 9.13 Å². The van der Waals surface area contributed by atoms with Gasteiger partial charge in [0, 0.05) is 12.5 Å². The third-order valence-corrected chi connectivity index (χ3v) is 3.88. The van der Waals surface area contributed by atoms with Crippen molar-refractivity contribution in [2.45, 2.75) is 39.8 Å². The first-order valence-corrected chi connectivity index (χ1v) is 6.83. The van der Waals surface area contributed by atoms with Gasteiger partial charge in [0.1, 0.15) is 11.9 Å². The van der Waals surface area contributed by atoms with Crippen LogP contribution in [0.2, 0.25) is 0 Å². The minimum absolute atomic E-state index is 0.185. The van der Waals surface area contributed by atoms with Crippen molar-refractivity contribution in [2.24, 2.45) is 0 Å². The number of carbonyl (C=O) groups is 1. The summed E-state index contributed by atoms with van der Waals surface area (Å²) in [6.45, 7) is 5.69. The van der Waals surface area contributed by atoms with Crippen molar-refractivity contribution in [1.82, 2.24) is 4.57 Å². The molecule has 0 fully saturated rings. The number of nitrogens with zero attached hydrogens (tertiary/aromatic N) is 2. The molecule has 98 valence electrons. The number of rotatable bonds is 3. The van der Waals surface area contributed by atoms with Crippen LogP contribution in [0.3, 0.4) is 0 Å². The molecule has 1 aromatic heterocycles. The normalized spacial score (nSPS) is 13.6. The molecule has 1 aromatic carbocycles. The van der Waals surface area contributed by atoms with E-state index >= 15 is 0 Å². The zero-order valence-electron chi connectivity index (χ0n) is 11.5. The van der Waals surface area contributed by atoms with Crippen LogP contribution < -0.4 is 4.57 Å². The molecule has 1 aliphatic rings. The molecule has 3 nitrogen and oxygen atoms in total. The number of hydrogen-bond acceptors (Lipinski definition) is 1. The summed E-state index contributed by atoms with van der Waals surface area (Å²) in [5, 5.41) is 0. The van der Waals surface area contributed by atoms with Crippen LogP contribution in [0.25, 0.3) is 0 Å². The van der Waals surface area contributed by atoms with E-state index in [9.17, 15) is 4.79 Å². The number of imidazole rings is 1. The fourth-order valence-corrected chi connectivity index (χ4v) is 2.83. The van der Waals surface area contributed by atoms with E-state index in [1.807, 2.05) is 31.2 Å². The van der Waals surface area contributed by atoms with E-state index < -0.39 is 0 Å². The van der Waals surface area contributed by atoms with Crippen LogP contribution in [-0.2, 0) is 19.5 Å². The van der Waals surface area contributed by atoms with Gasteiger partial charge in [0.05, 0.1) is 13.0 Å². The third-order valence-electron chi connectivity index (χ3n) is 3.88. The van der Waals surface area contributed by atoms with Crippen LogP contribution >= 0.6 is 0 Å². The quantitative estimate of drug-likeness (QED) is 0.610. The Morgan fingerprint density at radius 2 is 2.00 bits per heavy atom. The first kappa shape index (κ1) is 12.2. The molecular formula is C16H19N2O+. The van der Waals surface area contributed by atoms with Crippen LogP contribution in [0.15, 0.2) is 30.5 Å². The Balaban J connectivity index is 1.84. The lowest BCUT2D eigenvalue weighted by Gasteiger charge is -2.01. The smallest absolute Gasteiger partial charge is 0.257 e. The molecular weight excluding hydrogens is 236 g/mol. The fraction of sp³-hybridized carbons (Fsp3) is 0.375. The van der Waals surface area contributed by atoms with Crippen molar-refractivity contribution in [1.29, 1.82) is 0 Å². The van der Waals surface area contributed by atoms with E-state index in [2.05, 4.69) is 22.3 Å². The number of hydrogen-bond donors (Lipinski definition) is 0. The van der Waals surface area contributed by atoms with Gasteiger partial charge in [-0.15, -0.1) is 0 Å². The zero-order valence-corrected chi connectivity index (χ0v) is 11.5. The SMILES string of the molecule is Cc1ccc(C(=O)C[n+]2cc(C)n3c2CCC3)cc1. The molecule has 0 unspecified atom stereocenters. The molecule has 3 rings (SSSR count). The fourth-order valence-electron chi connectivity index (χ4n) is 2.83. The Kier molecular flexibility index (Phi) is 2.97. The molecule has 0 N–H and O–H groups in total. The van der Waals surface area contributed by atoms with Gasteiger partial charge >= 0.3 is 0 Å². The molecule has 2 aromatic rings. The number of aromatic nitrogens is 2. The minimum Gasteiger partial charge on any atom is -0.290 e. The van der Waals surface area contributed by atoms with Crippen molar-refractivity contribution < 1.29 is 9.36 Å². The molecule has 0 atom stereocenters. The summed E-state index contributed by atoms with van der Waals surface area (Å²) in [5.41, 5.74) is 3.24. The lowest BCUT2D eigenvalue weighted by atomic mass is 10.1. The molecule has 0 saturated carbocycles. The first-order valence-electron chi connectivity index (χ1n) is 6.83. The lowest BCUT2D eigenvalue weighted by molar-refractivity contribution is -0.689. The van der Waals surface area contributed by atoms with Gasteiger partial charge in [0.15, 0.2) is 6.54 Å². The second-order valence-electron chi connectivity index (χ2n) is 5.36. The highest BCUT2D eigenvalue weighted by Gasteiger charge is 2.27. The summed E-state index contributed by atoms with van der Waals surface area (Å²) in [5.74, 6) is 1.48. The van der Waals surface area contributed by atoms with E-state index in [-0.39, 0.29) is 5.78 Å². The molecule has 19 heavy (non-hydrogen) atoms. The monoisotopic (exact) mass is 255 g/mol. The van der Waals surface area contributed by atoms with Gasteiger partial charge in [-0.2, -0.15) is 0 Å². The van der Waals surface area contributed by atoms with Crippen LogP contribution in [-0.4, -0.2) is 10.4 Å². The molecule has 0 radical (unpaired) electrons. The Morgan fingerprint density at radius 3 is 2.74 bits per heavy atom. The summed E-state index contributed by atoms with van der Waals surface area (Å²) in [6, 6.07) is 7.82. The van der Waals surface area contributed by atoms with Gasteiger partial charge in [0.2, 0.25) is 5.78 Å². The zero-order chi connectivity index (χ0) is 13.4. The van der Waals surface area contributed by atoms with E-state index in [1.54, 1.807) is 0 Å². The standard InChI is InChI=1S/C16H19N2O/c1-12-5-7-14(8-6-12)15(19)11-17-10-13(2)18-9-3-4-16(17)18/h5-8,10H,3-4,9,11H2,1-2H3/q+1. The summed E-state index contributed by atoms with van der Waals surface area (Å²) < 4.78 is 4.44. The third kappa shape index (κ3) is 2.21. The topological polar surface area (TPSA) is 25.9 Å². The van der Waals surface area contributed by atoms with Crippen LogP contribution in [0, 0.1) is 13.8 Å². The minimum atomic E-state index is 0.185. The Hall–Kier alpha value is -1.90. The Labute approximate surface area is 113 Å². The maximum Gasteiger partial charge on any atom is 0.257 e. The molecule has 0 saturated heterocycles. The molecule has 0 spiro atoms. The Morgan fingerprint density at radius 1 is 1.26 bits per heavy atom. The highest BCUT2D eigenvalue weighted by atomic mass is 16.1. The maximum absolute atomic E-state index is 12.3. The van der Waals surface area contributed by atoms with Gasteiger partial charge < -0.3 is 0 Å². The van der Waals surface area contributed by atoms with Crippen LogP contribution in [0.5, 0.6) is 0 Å². The summed E-state index contributed by atoms with van der Waals surface area (Å²) >= 11 is 0. The maximum atomic E-state index is 12.3. The highest BCUT2D eigenvalue weighted by molar-refractivity contribution is 5.95. The predicted molar refractivity (Wildman–Crippen MR) is 73.2 cm³/mol. The number of aryl methyl sites for hydroxylation is 2. The van der Waals surface area contributed by atoms with E-state index in [0.29, 0.717) is 6.54 Å². The summed E-state index contributed by atoms with van der Waals surface area (Å²) in [6.07, 6.45) is 4.37. The molecule has 0 amide bonds. The largest absolute Gasteiger partial charge is 0.290 e. The molecule has 3 heteroatoms. The average Bonchev–Trinajstić information content (AvgIpc) is 2.96. The number of benzene rings is 1. The highest BCUT2D eigenvalue weighted by Crippen LogP contribution is 2.14. The second-order valence-corrected chi connectivity index (χ2v) is 5.36. The van der Waals surface area contributed by atoms with Crippen molar-refractivity contribution in [3.63, 3.8) is 0 Å². The first-order chi connectivity index (χ1) is 9.15. The summed E-state index contributed by atoms with van der Waals surface area (Å²) in [4.78, 5) is 12.3. The molecule has 0 bridgehead atoms. The molecule has 1 aliphatic heterocycles. The lowest BCUT2D eigenvalue weighted by Crippen LogP contribution is -2.40. The van der Waals surface area contributed by atoms with E-state index in [4.69, 9.17) is 0 Å². The van der Waals surface area contributed by atoms with Gasteiger partial charge in [-0.1, -0.05) is 29.8 Å². The van der Waals surface area contributed by atoms with Gasteiger partial charge in [-0.3, -0.25) is 4.79 Å². The van der Waals surface area contributed by atoms with Crippen molar-refractivity contribution in [2.75, 3.05) is 0 Å².